The first kappa shape index (κ1) is 15.8. The number of unbranched alkanes of at least 4 members (excludes halogenated alkanes) is 1. The van der Waals surface area contributed by atoms with E-state index in [0.717, 1.165) is 36.3 Å². The van der Waals surface area contributed by atoms with Gasteiger partial charge in [-0.15, -0.1) is 0 Å². The summed E-state index contributed by atoms with van der Waals surface area (Å²) in [6.07, 6.45) is 6.07. The van der Waals surface area contributed by atoms with Gasteiger partial charge in [0.15, 0.2) is 0 Å². The number of rotatable bonds is 7. The van der Waals surface area contributed by atoms with Gasteiger partial charge in [-0.2, -0.15) is 0 Å². The van der Waals surface area contributed by atoms with E-state index in [9.17, 15) is 10.1 Å². The summed E-state index contributed by atoms with van der Waals surface area (Å²) in [5.41, 5.74) is 2.08. The quantitative estimate of drug-likeness (QED) is 0.314. The lowest BCUT2D eigenvalue weighted by Gasteiger charge is -2.05. The van der Waals surface area contributed by atoms with E-state index >= 15 is 0 Å². The van der Waals surface area contributed by atoms with Crippen LogP contribution in [0.2, 0.25) is 0 Å². The topological polar surface area (TPSA) is 52.4 Å². The van der Waals surface area contributed by atoms with Gasteiger partial charge in [0, 0.05) is 12.1 Å². The lowest BCUT2D eigenvalue weighted by atomic mass is 10.1. The second kappa shape index (κ2) is 7.98. The van der Waals surface area contributed by atoms with Gasteiger partial charge in [-0.25, -0.2) is 0 Å². The molecule has 0 radical (unpaired) electrons. The van der Waals surface area contributed by atoms with E-state index < -0.39 is 4.92 Å². The largest absolute Gasteiger partial charge is 0.494 e. The van der Waals surface area contributed by atoms with Crippen molar-refractivity contribution >= 4 is 17.8 Å². The Labute approximate surface area is 130 Å². The highest BCUT2D eigenvalue weighted by molar-refractivity contribution is 5.70. The summed E-state index contributed by atoms with van der Waals surface area (Å²) < 4.78 is 5.61. The van der Waals surface area contributed by atoms with Crippen LogP contribution in [0.15, 0.2) is 48.5 Å². The average Bonchev–Trinajstić information content (AvgIpc) is 2.55. The zero-order valence-electron chi connectivity index (χ0n) is 12.6. The minimum atomic E-state index is -0.398. The van der Waals surface area contributed by atoms with Crippen molar-refractivity contribution in [2.24, 2.45) is 0 Å². The molecule has 2 aromatic carbocycles. The third kappa shape index (κ3) is 4.74. The molecule has 22 heavy (non-hydrogen) atoms. The van der Waals surface area contributed by atoms with Crippen molar-refractivity contribution in [3.8, 4) is 5.75 Å². The molecule has 4 heteroatoms. The highest BCUT2D eigenvalue weighted by Crippen LogP contribution is 2.16. The van der Waals surface area contributed by atoms with Crippen molar-refractivity contribution in [2.45, 2.75) is 19.8 Å². The van der Waals surface area contributed by atoms with E-state index in [1.165, 1.54) is 12.1 Å². The maximum Gasteiger partial charge on any atom is 0.269 e. The lowest BCUT2D eigenvalue weighted by Crippen LogP contribution is -1.95. The SMILES string of the molecule is CCCCOc1ccc(/C=C/c2ccc([N+](=O)[O-])cc2)cc1. The van der Waals surface area contributed by atoms with Crippen LogP contribution in [0, 0.1) is 10.1 Å². The molecule has 0 unspecified atom stereocenters. The molecule has 0 atom stereocenters. The molecule has 0 saturated heterocycles. The number of non-ortho nitro benzene ring substituents is 1. The first-order chi connectivity index (χ1) is 10.7. The van der Waals surface area contributed by atoms with Crippen LogP contribution >= 0.6 is 0 Å². The number of hydrogen-bond acceptors (Lipinski definition) is 3. The van der Waals surface area contributed by atoms with Crippen molar-refractivity contribution in [3.63, 3.8) is 0 Å². The molecule has 0 heterocycles. The molecule has 0 aromatic heterocycles. The molecule has 4 nitrogen and oxygen atoms in total. The molecule has 0 fully saturated rings. The van der Waals surface area contributed by atoms with Gasteiger partial charge in [0.2, 0.25) is 0 Å². The molecule has 114 valence electrons. The zero-order valence-corrected chi connectivity index (χ0v) is 12.6. The van der Waals surface area contributed by atoms with Crippen LogP contribution in [0.1, 0.15) is 30.9 Å². The molecule has 0 saturated carbocycles. The van der Waals surface area contributed by atoms with E-state index in [-0.39, 0.29) is 5.69 Å². The van der Waals surface area contributed by atoms with Gasteiger partial charge >= 0.3 is 0 Å². The predicted octanol–water partition coefficient (Wildman–Crippen LogP) is 4.94. The highest BCUT2D eigenvalue weighted by atomic mass is 16.6. The van der Waals surface area contributed by atoms with Gasteiger partial charge in [0.1, 0.15) is 5.75 Å². The molecule has 0 bridgehead atoms. The van der Waals surface area contributed by atoms with Gasteiger partial charge < -0.3 is 4.74 Å². The number of nitro benzene ring substituents is 1. The molecular formula is C18H19NO3. The molecule has 0 spiro atoms. The number of hydrogen-bond donors (Lipinski definition) is 0. The third-order valence-electron chi connectivity index (χ3n) is 3.22. The number of nitro groups is 1. The summed E-state index contributed by atoms with van der Waals surface area (Å²) in [6, 6.07) is 14.4. The maximum atomic E-state index is 10.6. The first-order valence-electron chi connectivity index (χ1n) is 7.34. The van der Waals surface area contributed by atoms with Crippen molar-refractivity contribution in [3.05, 3.63) is 69.8 Å². The molecular weight excluding hydrogens is 278 g/mol. The second-order valence-corrected chi connectivity index (χ2v) is 4.95. The fourth-order valence-corrected chi connectivity index (χ4v) is 1.91. The van der Waals surface area contributed by atoms with Gasteiger partial charge in [-0.05, 0) is 41.8 Å². The van der Waals surface area contributed by atoms with E-state index in [1.807, 2.05) is 36.4 Å². The summed E-state index contributed by atoms with van der Waals surface area (Å²) in [4.78, 5) is 10.2. The van der Waals surface area contributed by atoms with Crippen LogP contribution in [0.25, 0.3) is 12.2 Å². The Morgan fingerprint density at radius 3 is 2.05 bits per heavy atom. The first-order valence-corrected chi connectivity index (χ1v) is 7.34. The van der Waals surface area contributed by atoms with E-state index in [0.29, 0.717) is 0 Å². The standard InChI is InChI=1S/C18H19NO3/c1-2-3-14-22-18-12-8-16(9-13-18)5-4-15-6-10-17(11-7-15)19(20)21/h4-13H,2-3,14H2,1H3/b5-4+. The van der Waals surface area contributed by atoms with Gasteiger partial charge in [0.05, 0.1) is 11.5 Å². The number of nitrogens with zero attached hydrogens (tertiary/aromatic N) is 1. The minimum absolute atomic E-state index is 0.103. The molecule has 0 aliphatic rings. The van der Waals surface area contributed by atoms with Crippen LogP contribution in [-0.4, -0.2) is 11.5 Å². The Balaban J connectivity index is 1.96. The Morgan fingerprint density at radius 1 is 1.00 bits per heavy atom. The van der Waals surface area contributed by atoms with Crippen molar-refractivity contribution in [1.29, 1.82) is 0 Å². The second-order valence-electron chi connectivity index (χ2n) is 4.95. The lowest BCUT2D eigenvalue weighted by molar-refractivity contribution is -0.384. The summed E-state index contributed by atoms with van der Waals surface area (Å²) in [5, 5.41) is 10.6. The predicted molar refractivity (Wildman–Crippen MR) is 88.9 cm³/mol. The Bertz CT molecular complexity index is 630. The summed E-state index contributed by atoms with van der Waals surface area (Å²) in [6.45, 7) is 2.88. The summed E-state index contributed by atoms with van der Waals surface area (Å²) >= 11 is 0. The van der Waals surface area contributed by atoms with Crippen LogP contribution in [0.3, 0.4) is 0 Å². The van der Waals surface area contributed by atoms with Gasteiger partial charge in [0.25, 0.3) is 5.69 Å². The normalized spacial score (nSPS) is 10.8. The van der Waals surface area contributed by atoms with E-state index in [1.54, 1.807) is 12.1 Å². The molecule has 0 N–H and O–H groups in total. The van der Waals surface area contributed by atoms with Crippen LogP contribution in [0.5, 0.6) is 5.75 Å². The molecule has 0 amide bonds. The summed E-state index contributed by atoms with van der Waals surface area (Å²) in [7, 11) is 0. The molecule has 0 aliphatic heterocycles. The van der Waals surface area contributed by atoms with Gasteiger partial charge in [-0.3, -0.25) is 10.1 Å². The Hall–Kier alpha value is -2.62. The number of benzene rings is 2. The van der Waals surface area contributed by atoms with Gasteiger partial charge in [-0.1, -0.05) is 37.6 Å². The Kier molecular flexibility index (Phi) is 5.72. The van der Waals surface area contributed by atoms with Crippen molar-refractivity contribution < 1.29 is 9.66 Å². The van der Waals surface area contributed by atoms with Crippen molar-refractivity contribution in [1.82, 2.24) is 0 Å². The van der Waals surface area contributed by atoms with E-state index in [4.69, 9.17) is 4.74 Å². The average molecular weight is 297 g/mol. The molecule has 2 aromatic rings. The molecule has 2 rings (SSSR count). The fourth-order valence-electron chi connectivity index (χ4n) is 1.91. The van der Waals surface area contributed by atoms with Crippen LogP contribution < -0.4 is 4.74 Å². The van der Waals surface area contributed by atoms with Crippen molar-refractivity contribution in [2.75, 3.05) is 6.61 Å². The smallest absolute Gasteiger partial charge is 0.269 e. The highest BCUT2D eigenvalue weighted by Gasteiger charge is 2.02. The number of ether oxygens (including phenoxy) is 1. The fraction of sp³-hybridized carbons (Fsp3) is 0.222. The van der Waals surface area contributed by atoms with E-state index in [2.05, 4.69) is 6.92 Å². The minimum Gasteiger partial charge on any atom is -0.494 e. The zero-order chi connectivity index (χ0) is 15.8. The monoisotopic (exact) mass is 297 g/mol. The molecule has 0 aliphatic carbocycles. The van der Waals surface area contributed by atoms with Crippen LogP contribution in [-0.2, 0) is 0 Å². The van der Waals surface area contributed by atoms with Crippen LogP contribution in [0.4, 0.5) is 5.69 Å². The third-order valence-corrected chi connectivity index (χ3v) is 3.22. The summed E-state index contributed by atoms with van der Waals surface area (Å²) in [5.74, 6) is 0.876. The Morgan fingerprint density at radius 2 is 1.55 bits per heavy atom. The maximum absolute atomic E-state index is 10.6.